The summed E-state index contributed by atoms with van der Waals surface area (Å²) in [5, 5.41) is 2.97. The van der Waals surface area contributed by atoms with Gasteiger partial charge in [0, 0.05) is 18.7 Å². The molecule has 1 aromatic rings. The summed E-state index contributed by atoms with van der Waals surface area (Å²) in [6.07, 6.45) is 5.70. The summed E-state index contributed by atoms with van der Waals surface area (Å²) in [5.74, 6) is 0.787. The van der Waals surface area contributed by atoms with Crippen LogP contribution in [0.3, 0.4) is 0 Å². The van der Waals surface area contributed by atoms with Gasteiger partial charge < -0.3 is 11.1 Å². The molecule has 3 heteroatoms. The van der Waals surface area contributed by atoms with Crippen molar-refractivity contribution < 1.29 is 4.79 Å². The first kappa shape index (κ1) is 12.0. The number of hydrogen-bond acceptors (Lipinski definition) is 2. The molecule has 1 amide bonds. The SMILES string of the molecule is Nc1ccc(CNC(=O)CC2CCCC2)cc1. The number of benzene rings is 1. The average molecular weight is 232 g/mol. The molecule has 0 radical (unpaired) electrons. The van der Waals surface area contributed by atoms with Crippen molar-refractivity contribution in [3.8, 4) is 0 Å². The summed E-state index contributed by atoms with van der Waals surface area (Å²) in [4.78, 5) is 11.7. The number of carbonyl (C=O) groups excluding carboxylic acids is 1. The molecule has 1 aliphatic carbocycles. The van der Waals surface area contributed by atoms with Crippen molar-refractivity contribution in [1.82, 2.24) is 5.32 Å². The number of carbonyl (C=O) groups is 1. The highest BCUT2D eigenvalue weighted by atomic mass is 16.1. The van der Waals surface area contributed by atoms with E-state index >= 15 is 0 Å². The van der Waals surface area contributed by atoms with Crippen LogP contribution >= 0.6 is 0 Å². The molecule has 0 atom stereocenters. The van der Waals surface area contributed by atoms with Gasteiger partial charge in [0.25, 0.3) is 0 Å². The largest absolute Gasteiger partial charge is 0.399 e. The molecule has 1 fully saturated rings. The standard InChI is InChI=1S/C14H20N2O/c15-13-7-5-12(6-8-13)10-16-14(17)9-11-3-1-2-4-11/h5-8,11H,1-4,9-10,15H2,(H,16,17). The fraction of sp³-hybridized carbons (Fsp3) is 0.500. The van der Waals surface area contributed by atoms with Gasteiger partial charge in [-0.1, -0.05) is 25.0 Å². The van der Waals surface area contributed by atoms with Gasteiger partial charge >= 0.3 is 0 Å². The van der Waals surface area contributed by atoms with Crippen LogP contribution in [-0.2, 0) is 11.3 Å². The predicted molar refractivity (Wildman–Crippen MR) is 69.3 cm³/mol. The second-order valence-corrected chi connectivity index (χ2v) is 4.87. The van der Waals surface area contributed by atoms with E-state index in [0.717, 1.165) is 11.3 Å². The van der Waals surface area contributed by atoms with Gasteiger partial charge in [0.15, 0.2) is 0 Å². The van der Waals surface area contributed by atoms with Crippen LogP contribution in [0.5, 0.6) is 0 Å². The van der Waals surface area contributed by atoms with E-state index in [1.807, 2.05) is 24.3 Å². The van der Waals surface area contributed by atoms with Crippen molar-refractivity contribution in [2.75, 3.05) is 5.73 Å². The van der Waals surface area contributed by atoms with Gasteiger partial charge in [-0.3, -0.25) is 4.79 Å². The third-order valence-corrected chi connectivity index (χ3v) is 3.42. The summed E-state index contributed by atoms with van der Waals surface area (Å²) in [6, 6.07) is 7.62. The highest BCUT2D eigenvalue weighted by Gasteiger charge is 2.17. The number of hydrogen-bond donors (Lipinski definition) is 2. The van der Waals surface area contributed by atoms with Crippen LogP contribution in [0.25, 0.3) is 0 Å². The van der Waals surface area contributed by atoms with Crippen LogP contribution in [0, 0.1) is 5.92 Å². The molecule has 17 heavy (non-hydrogen) atoms. The molecule has 1 aliphatic rings. The summed E-state index contributed by atoms with van der Waals surface area (Å²) >= 11 is 0. The van der Waals surface area contributed by atoms with Crippen molar-refractivity contribution in [1.29, 1.82) is 0 Å². The summed E-state index contributed by atoms with van der Waals surface area (Å²) in [5.41, 5.74) is 7.46. The first-order chi connectivity index (χ1) is 8.24. The van der Waals surface area contributed by atoms with Crippen molar-refractivity contribution in [3.05, 3.63) is 29.8 Å². The lowest BCUT2D eigenvalue weighted by atomic mass is 10.0. The van der Waals surface area contributed by atoms with E-state index < -0.39 is 0 Å². The molecule has 0 unspecified atom stereocenters. The minimum atomic E-state index is 0.175. The first-order valence-electron chi connectivity index (χ1n) is 6.35. The number of nitrogen functional groups attached to an aromatic ring is 1. The average Bonchev–Trinajstić information content (AvgIpc) is 2.81. The van der Waals surface area contributed by atoms with Crippen molar-refractivity contribution in [3.63, 3.8) is 0 Å². The van der Waals surface area contributed by atoms with E-state index in [0.29, 0.717) is 18.9 Å². The maximum absolute atomic E-state index is 11.7. The Morgan fingerprint density at radius 3 is 2.53 bits per heavy atom. The van der Waals surface area contributed by atoms with Crippen molar-refractivity contribution in [2.24, 2.45) is 5.92 Å². The Balaban J connectivity index is 1.73. The zero-order chi connectivity index (χ0) is 12.1. The monoisotopic (exact) mass is 232 g/mol. The lowest BCUT2D eigenvalue weighted by Gasteiger charge is -2.09. The second-order valence-electron chi connectivity index (χ2n) is 4.87. The van der Waals surface area contributed by atoms with E-state index in [1.165, 1.54) is 25.7 Å². The van der Waals surface area contributed by atoms with E-state index in [2.05, 4.69) is 5.32 Å². The van der Waals surface area contributed by atoms with Gasteiger partial charge in [0.2, 0.25) is 5.91 Å². The normalized spacial score (nSPS) is 16.0. The molecule has 0 heterocycles. The van der Waals surface area contributed by atoms with Gasteiger partial charge in [-0.05, 0) is 36.5 Å². The number of nitrogens with two attached hydrogens (primary N) is 1. The predicted octanol–water partition coefficient (Wildman–Crippen LogP) is 2.47. The Bertz CT molecular complexity index is 366. The van der Waals surface area contributed by atoms with E-state index in [4.69, 9.17) is 5.73 Å². The van der Waals surface area contributed by atoms with Gasteiger partial charge in [-0.2, -0.15) is 0 Å². The highest BCUT2D eigenvalue weighted by Crippen LogP contribution is 2.27. The number of nitrogens with one attached hydrogen (secondary N) is 1. The third-order valence-electron chi connectivity index (χ3n) is 3.42. The maximum atomic E-state index is 11.7. The highest BCUT2D eigenvalue weighted by molar-refractivity contribution is 5.76. The van der Waals surface area contributed by atoms with Crippen molar-refractivity contribution >= 4 is 11.6 Å². The van der Waals surface area contributed by atoms with Gasteiger partial charge in [-0.25, -0.2) is 0 Å². The smallest absolute Gasteiger partial charge is 0.220 e. The first-order valence-corrected chi connectivity index (χ1v) is 6.35. The maximum Gasteiger partial charge on any atom is 0.220 e. The van der Waals surface area contributed by atoms with Crippen molar-refractivity contribution in [2.45, 2.75) is 38.6 Å². The Morgan fingerprint density at radius 2 is 1.88 bits per heavy atom. The molecule has 0 aromatic heterocycles. The zero-order valence-electron chi connectivity index (χ0n) is 10.1. The van der Waals surface area contributed by atoms with E-state index in [9.17, 15) is 4.79 Å². The molecule has 0 spiro atoms. The van der Waals surface area contributed by atoms with Gasteiger partial charge in [-0.15, -0.1) is 0 Å². The fourth-order valence-electron chi connectivity index (χ4n) is 2.38. The fourth-order valence-corrected chi connectivity index (χ4v) is 2.38. The van der Waals surface area contributed by atoms with Gasteiger partial charge in [0.05, 0.1) is 0 Å². The molecule has 0 saturated heterocycles. The third kappa shape index (κ3) is 3.77. The molecule has 0 bridgehead atoms. The van der Waals surface area contributed by atoms with Crippen LogP contribution in [0.4, 0.5) is 5.69 Å². The molecule has 3 N–H and O–H groups in total. The Labute approximate surface area is 102 Å². The topological polar surface area (TPSA) is 55.1 Å². The van der Waals surface area contributed by atoms with E-state index in [-0.39, 0.29) is 5.91 Å². The lowest BCUT2D eigenvalue weighted by molar-refractivity contribution is -0.122. The molecule has 92 valence electrons. The molecular weight excluding hydrogens is 212 g/mol. The van der Waals surface area contributed by atoms with Crippen LogP contribution in [-0.4, -0.2) is 5.91 Å². The molecule has 1 saturated carbocycles. The molecule has 3 nitrogen and oxygen atoms in total. The Morgan fingerprint density at radius 1 is 1.24 bits per heavy atom. The summed E-state index contributed by atoms with van der Waals surface area (Å²) in [6.45, 7) is 0.603. The minimum absolute atomic E-state index is 0.175. The van der Waals surface area contributed by atoms with Crippen LogP contribution in [0.15, 0.2) is 24.3 Å². The number of rotatable bonds is 4. The van der Waals surface area contributed by atoms with Crippen LogP contribution in [0.2, 0.25) is 0 Å². The molecular formula is C14H20N2O. The quantitative estimate of drug-likeness (QED) is 0.783. The lowest BCUT2D eigenvalue weighted by Crippen LogP contribution is -2.24. The van der Waals surface area contributed by atoms with Gasteiger partial charge in [0.1, 0.15) is 0 Å². The minimum Gasteiger partial charge on any atom is -0.399 e. The Hall–Kier alpha value is -1.51. The summed E-state index contributed by atoms with van der Waals surface area (Å²) in [7, 11) is 0. The number of anilines is 1. The number of amides is 1. The van der Waals surface area contributed by atoms with Crippen LogP contribution in [0.1, 0.15) is 37.7 Å². The second kappa shape index (κ2) is 5.71. The zero-order valence-corrected chi connectivity index (χ0v) is 10.1. The molecule has 2 rings (SSSR count). The molecule has 0 aliphatic heterocycles. The van der Waals surface area contributed by atoms with E-state index in [1.54, 1.807) is 0 Å². The summed E-state index contributed by atoms with van der Waals surface area (Å²) < 4.78 is 0. The Kier molecular flexibility index (Phi) is 4.02. The van der Waals surface area contributed by atoms with Crippen LogP contribution < -0.4 is 11.1 Å². The molecule has 1 aromatic carbocycles.